The molecule has 2 aliphatic heterocycles. The van der Waals surface area contributed by atoms with Crippen LogP contribution in [0.2, 0.25) is 0 Å². The summed E-state index contributed by atoms with van der Waals surface area (Å²) in [5.74, 6) is 9.26. The molecule has 8 nitrogen and oxygen atoms in total. The van der Waals surface area contributed by atoms with Gasteiger partial charge in [0.05, 0.1) is 6.42 Å². The van der Waals surface area contributed by atoms with Gasteiger partial charge in [0.1, 0.15) is 11.7 Å². The molecule has 2 aliphatic rings. The minimum atomic E-state index is -0.250. The lowest BCUT2D eigenvalue weighted by Crippen LogP contribution is -2.47. The Balaban J connectivity index is 1.38. The van der Waals surface area contributed by atoms with E-state index in [2.05, 4.69) is 81.5 Å². The fourth-order valence-corrected chi connectivity index (χ4v) is 4.93. The van der Waals surface area contributed by atoms with Crippen LogP contribution < -0.4 is 20.9 Å². The molecule has 1 unspecified atom stereocenters. The molecule has 2 amide bonds. The Labute approximate surface area is 248 Å². The molecular weight excluding hydrogens is 524 g/mol. The third kappa shape index (κ3) is 7.89. The number of hydrogen-bond acceptors (Lipinski definition) is 5. The molecule has 1 fully saturated rings. The predicted octanol–water partition coefficient (Wildman–Crippen LogP) is 4.67. The maximum Gasteiger partial charge on any atom is 0.296 e. The van der Waals surface area contributed by atoms with E-state index in [1.807, 2.05) is 36.4 Å². The number of nitrogens with one attached hydrogen (secondary N) is 3. The average Bonchev–Trinajstić information content (AvgIpc) is 3.40. The number of pyridine rings is 1. The van der Waals surface area contributed by atoms with Gasteiger partial charge in [-0.1, -0.05) is 55.5 Å². The second kappa shape index (κ2) is 14.2. The SMILES string of the molecule is CC#CN=C1NC(c2ccc(CC(=O)Nc3cc(N4CCCC(NC(=O)C#CC)C4)ccn3)cc2)=C/C1=C(/C)C(C)C. The average molecular weight is 563 g/mol. The molecule has 3 N–H and O–H groups in total. The van der Waals surface area contributed by atoms with E-state index in [4.69, 9.17) is 0 Å². The highest BCUT2D eigenvalue weighted by atomic mass is 16.2. The van der Waals surface area contributed by atoms with Crippen molar-refractivity contribution in [3.05, 3.63) is 70.9 Å². The van der Waals surface area contributed by atoms with Crippen LogP contribution in [0.1, 0.15) is 58.6 Å². The Bertz CT molecular complexity index is 1540. The largest absolute Gasteiger partial charge is 0.369 e. The van der Waals surface area contributed by atoms with Gasteiger partial charge in [-0.2, -0.15) is 4.99 Å². The van der Waals surface area contributed by atoms with Crippen LogP contribution in [-0.2, 0) is 16.0 Å². The molecule has 0 aliphatic carbocycles. The maximum atomic E-state index is 12.9. The van der Waals surface area contributed by atoms with Crippen molar-refractivity contribution in [2.45, 2.75) is 59.9 Å². The highest BCUT2D eigenvalue weighted by Crippen LogP contribution is 2.27. The molecule has 1 saturated heterocycles. The predicted molar refractivity (Wildman–Crippen MR) is 169 cm³/mol. The Morgan fingerprint density at radius 1 is 1.17 bits per heavy atom. The molecule has 4 rings (SSSR count). The van der Waals surface area contributed by atoms with Crippen LogP contribution >= 0.6 is 0 Å². The van der Waals surface area contributed by atoms with Gasteiger partial charge in [-0.15, -0.1) is 0 Å². The maximum absolute atomic E-state index is 12.9. The van der Waals surface area contributed by atoms with E-state index in [1.165, 1.54) is 5.57 Å². The molecule has 3 heterocycles. The number of rotatable bonds is 7. The molecule has 0 radical (unpaired) electrons. The van der Waals surface area contributed by atoms with Gasteiger partial charge in [0.2, 0.25) is 5.91 Å². The molecule has 0 spiro atoms. The summed E-state index contributed by atoms with van der Waals surface area (Å²) >= 11 is 0. The molecular formula is C34H38N6O2. The number of nitrogens with zero attached hydrogens (tertiary/aromatic N) is 3. The molecule has 1 atom stereocenters. The van der Waals surface area contributed by atoms with Crippen molar-refractivity contribution in [3.63, 3.8) is 0 Å². The number of aromatic nitrogens is 1. The number of piperidine rings is 1. The van der Waals surface area contributed by atoms with E-state index in [1.54, 1.807) is 20.0 Å². The molecule has 0 saturated carbocycles. The molecule has 1 aromatic carbocycles. The quantitative estimate of drug-likeness (QED) is 0.426. The summed E-state index contributed by atoms with van der Waals surface area (Å²) in [5, 5.41) is 9.31. The normalized spacial score (nSPS) is 18.2. The van der Waals surface area contributed by atoms with Crippen molar-refractivity contribution in [3.8, 4) is 23.8 Å². The van der Waals surface area contributed by atoms with Gasteiger partial charge in [0.25, 0.3) is 5.91 Å². The van der Waals surface area contributed by atoms with Gasteiger partial charge in [0.15, 0.2) is 0 Å². The fourth-order valence-electron chi connectivity index (χ4n) is 4.93. The Morgan fingerprint density at radius 3 is 2.67 bits per heavy atom. The zero-order valence-corrected chi connectivity index (χ0v) is 25.0. The van der Waals surface area contributed by atoms with Gasteiger partial charge < -0.3 is 20.9 Å². The summed E-state index contributed by atoms with van der Waals surface area (Å²) in [6, 6.07) is 14.6. The monoisotopic (exact) mass is 562 g/mol. The van der Waals surface area contributed by atoms with Crippen molar-refractivity contribution < 1.29 is 9.59 Å². The fraction of sp³-hybridized carbons (Fsp3) is 0.353. The van der Waals surface area contributed by atoms with E-state index in [0.29, 0.717) is 18.3 Å². The topological polar surface area (TPSA) is 98.7 Å². The number of aliphatic imine (C=N–C) groups is 1. The summed E-state index contributed by atoms with van der Waals surface area (Å²) in [6.07, 6.45) is 5.90. The Kier molecular flexibility index (Phi) is 10.2. The number of amides is 2. The van der Waals surface area contributed by atoms with Gasteiger partial charge in [-0.05, 0) is 68.7 Å². The lowest BCUT2D eigenvalue weighted by molar-refractivity contribution is -0.116. The standard InChI is InChI=1S/C34H38N6O2/c1-6-9-32(41)37-27-10-8-18-40(22-27)28-15-17-35-31(20-28)39-33(42)19-25-11-13-26(14-12-25)30-21-29(24(5)23(3)4)34(38-30)36-16-7-2/h11-15,17,20-21,23,27H,8,10,18-19,22H2,1-5H3,(H,36,38)(H,37,41)(H,35,39,42)/b29-24+. The summed E-state index contributed by atoms with van der Waals surface area (Å²) in [5.41, 5.74) is 6.13. The van der Waals surface area contributed by atoms with Gasteiger partial charge in [-0.25, -0.2) is 4.98 Å². The van der Waals surface area contributed by atoms with Crippen LogP contribution in [0, 0.1) is 29.7 Å². The number of hydrogen-bond donors (Lipinski definition) is 3. The van der Waals surface area contributed by atoms with Crippen LogP contribution in [0.25, 0.3) is 5.70 Å². The molecule has 2 aromatic rings. The van der Waals surface area contributed by atoms with E-state index in [0.717, 1.165) is 53.3 Å². The molecule has 216 valence electrons. The van der Waals surface area contributed by atoms with E-state index < -0.39 is 0 Å². The molecule has 0 bridgehead atoms. The summed E-state index contributed by atoms with van der Waals surface area (Å²) in [7, 11) is 0. The lowest BCUT2D eigenvalue weighted by Gasteiger charge is -2.34. The minimum Gasteiger partial charge on any atom is -0.369 e. The van der Waals surface area contributed by atoms with E-state index in [-0.39, 0.29) is 24.3 Å². The van der Waals surface area contributed by atoms with Crippen LogP contribution in [0.15, 0.2) is 64.8 Å². The Morgan fingerprint density at radius 2 is 1.95 bits per heavy atom. The Hall–Kier alpha value is -4.82. The van der Waals surface area contributed by atoms with Crippen molar-refractivity contribution >= 4 is 34.9 Å². The number of anilines is 2. The molecule has 1 aromatic heterocycles. The van der Waals surface area contributed by atoms with Crippen molar-refractivity contribution in [2.24, 2.45) is 10.9 Å². The zero-order valence-electron chi connectivity index (χ0n) is 25.0. The van der Waals surface area contributed by atoms with Crippen molar-refractivity contribution in [1.29, 1.82) is 0 Å². The first-order valence-electron chi connectivity index (χ1n) is 14.3. The zero-order chi connectivity index (χ0) is 30.1. The van der Waals surface area contributed by atoms with Gasteiger partial charge in [0, 0.05) is 54.4 Å². The molecule has 42 heavy (non-hydrogen) atoms. The summed E-state index contributed by atoms with van der Waals surface area (Å²) in [4.78, 5) is 35.7. The first-order valence-corrected chi connectivity index (χ1v) is 14.3. The van der Waals surface area contributed by atoms with E-state index in [9.17, 15) is 9.59 Å². The third-order valence-electron chi connectivity index (χ3n) is 7.37. The van der Waals surface area contributed by atoms with Gasteiger partial charge in [-0.3, -0.25) is 9.59 Å². The van der Waals surface area contributed by atoms with Gasteiger partial charge >= 0.3 is 0 Å². The van der Waals surface area contributed by atoms with Crippen LogP contribution in [-0.4, -0.2) is 41.8 Å². The number of benzene rings is 1. The van der Waals surface area contributed by atoms with Crippen molar-refractivity contribution in [1.82, 2.24) is 15.6 Å². The van der Waals surface area contributed by atoms with Crippen LogP contribution in [0.5, 0.6) is 0 Å². The number of carbonyl (C=O) groups excluding carboxylic acids is 2. The number of amidine groups is 1. The van der Waals surface area contributed by atoms with Crippen LogP contribution in [0.4, 0.5) is 11.5 Å². The highest BCUT2D eigenvalue weighted by molar-refractivity contribution is 6.12. The minimum absolute atomic E-state index is 0.0298. The first kappa shape index (κ1) is 30.1. The second-order valence-corrected chi connectivity index (χ2v) is 10.7. The third-order valence-corrected chi connectivity index (χ3v) is 7.37. The smallest absolute Gasteiger partial charge is 0.296 e. The summed E-state index contributed by atoms with van der Waals surface area (Å²) < 4.78 is 0. The first-order chi connectivity index (χ1) is 20.3. The lowest BCUT2D eigenvalue weighted by atomic mass is 9.98. The summed E-state index contributed by atoms with van der Waals surface area (Å²) in [6.45, 7) is 11.4. The second-order valence-electron chi connectivity index (χ2n) is 10.7. The number of allylic oxidation sites excluding steroid dienone is 1. The number of carbonyl (C=O) groups is 2. The highest BCUT2D eigenvalue weighted by Gasteiger charge is 2.22. The molecule has 8 heteroatoms. The van der Waals surface area contributed by atoms with E-state index >= 15 is 0 Å². The van der Waals surface area contributed by atoms with Crippen LogP contribution in [0.3, 0.4) is 0 Å². The van der Waals surface area contributed by atoms with Crippen molar-refractivity contribution in [2.75, 3.05) is 23.3 Å².